The van der Waals surface area contributed by atoms with Crippen molar-refractivity contribution in [3.63, 3.8) is 0 Å². The molecule has 0 saturated carbocycles. The fraction of sp³-hybridized carbons (Fsp3) is 0.222. The van der Waals surface area contributed by atoms with Gasteiger partial charge >= 0.3 is 6.47 Å². The summed E-state index contributed by atoms with van der Waals surface area (Å²) in [6.07, 6.45) is 0. The van der Waals surface area contributed by atoms with Crippen LogP contribution in [0.25, 0.3) is 0 Å². The van der Waals surface area contributed by atoms with Crippen molar-refractivity contribution in [2.24, 2.45) is 0 Å². The van der Waals surface area contributed by atoms with E-state index in [1.165, 1.54) is 6.47 Å². The maximum Gasteiger partial charge on any atom is 0.417 e. The summed E-state index contributed by atoms with van der Waals surface area (Å²) in [6.45, 7) is 3.69. The molecule has 0 aliphatic carbocycles. The molecule has 57 valence electrons. The monoisotopic (exact) mass is 149 g/mol. The fourth-order valence-electron chi connectivity index (χ4n) is 0.915. The Morgan fingerprint density at radius 1 is 1.55 bits per heavy atom. The Balaban J connectivity index is 2.63. The number of ether oxygens (including phenoxy) is 1. The van der Waals surface area contributed by atoms with Gasteiger partial charge in [0.05, 0.1) is 0 Å². The average Bonchev–Trinajstić information content (AvgIpc) is 2.01. The number of carbonyl (C=O) groups excluding carboxylic acids is 1. The smallest absolute Gasteiger partial charge is 0.417 e. The van der Waals surface area contributed by atoms with Crippen LogP contribution < -0.4 is 0 Å². The van der Waals surface area contributed by atoms with Crippen molar-refractivity contribution in [2.75, 3.05) is 0 Å². The van der Waals surface area contributed by atoms with Gasteiger partial charge in [-0.15, -0.1) is 0 Å². The second kappa shape index (κ2) is 3.76. The molecule has 0 aliphatic heterocycles. The van der Waals surface area contributed by atoms with Gasteiger partial charge < -0.3 is 4.74 Å². The molecule has 0 saturated heterocycles. The molecule has 0 aromatic heterocycles. The van der Waals surface area contributed by atoms with Crippen molar-refractivity contribution in [1.82, 2.24) is 0 Å². The minimum atomic E-state index is 0.311. The van der Waals surface area contributed by atoms with Crippen LogP contribution in [0.15, 0.2) is 24.3 Å². The van der Waals surface area contributed by atoms with E-state index in [0.29, 0.717) is 6.61 Å². The molecule has 0 fully saturated rings. The van der Waals surface area contributed by atoms with E-state index in [9.17, 15) is 4.79 Å². The third-order valence-corrected chi connectivity index (χ3v) is 1.38. The summed E-state index contributed by atoms with van der Waals surface area (Å²) in [4.78, 5) is 9.72. The predicted molar refractivity (Wildman–Crippen MR) is 41.7 cm³/mol. The lowest BCUT2D eigenvalue weighted by atomic mass is 10.1. The summed E-state index contributed by atoms with van der Waals surface area (Å²) in [5.74, 6) is 0. The molecule has 0 spiro atoms. The van der Waals surface area contributed by atoms with E-state index in [2.05, 4.69) is 4.74 Å². The van der Waals surface area contributed by atoms with Crippen molar-refractivity contribution in [2.45, 2.75) is 13.5 Å². The number of benzene rings is 1. The van der Waals surface area contributed by atoms with Crippen molar-refractivity contribution in [3.8, 4) is 0 Å². The van der Waals surface area contributed by atoms with Gasteiger partial charge in [-0.1, -0.05) is 29.8 Å². The van der Waals surface area contributed by atoms with E-state index in [1.807, 2.05) is 31.2 Å². The molecule has 2 nitrogen and oxygen atoms in total. The van der Waals surface area contributed by atoms with Crippen molar-refractivity contribution < 1.29 is 9.53 Å². The van der Waals surface area contributed by atoms with Crippen LogP contribution in [0.2, 0.25) is 0 Å². The summed E-state index contributed by atoms with van der Waals surface area (Å²) in [5.41, 5.74) is 2.16. The Labute approximate surface area is 65.8 Å². The van der Waals surface area contributed by atoms with Crippen LogP contribution in [-0.4, -0.2) is 6.47 Å². The zero-order chi connectivity index (χ0) is 8.10. The largest absolute Gasteiger partial charge is 0.452 e. The molecule has 1 aromatic carbocycles. The Hall–Kier alpha value is -1.31. The first-order chi connectivity index (χ1) is 5.33. The summed E-state index contributed by atoms with van der Waals surface area (Å²) in [7, 11) is 0. The van der Waals surface area contributed by atoms with E-state index in [0.717, 1.165) is 11.1 Å². The maximum atomic E-state index is 9.72. The minimum absolute atomic E-state index is 0.311. The molecular weight excluding hydrogens is 140 g/mol. The molecule has 0 bridgehead atoms. The number of rotatable bonds is 3. The first kappa shape index (κ1) is 7.79. The molecule has 0 N–H and O–H groups in total. The topological polar surface area (TPSA) is 26.3 Å². The summed E-state index contributed by atoms with van der Waals surface area (Å²) in [5, 5.41) is 0. The lowest BCUT2D eigenvalue weighted by Gasteiger charge is -1.98. The molecule has 0 atom stereocenters. The zero-order valence-corrected chi connectivity index (χ0v) is 6.33. The van der Waals surface area contributed by atoms with Crippen LogP contribution in [0, 0.1) is 6.92 Å². The Kier molecular flexibility index (Phi) is 2.66. The predicted octanol–water partition coefficient (Wildman–Crippen LogP) is 1.58. The van der Waals surface area contributed by atoms with E-state index >= 15 is 0 Å². The standard InChI is InChI=1S/C9H9O2/c1-8-3-2-4-9(5-8)6-11-7-10/h2-5H,6H2,1H3. The molecule has 0 amide bonds. The van der Waals surface area contributed by atoms with Gasteiger partial charge in [0, 0.05) is 0 Å². The van der Waals surface area contributed by atoms with Crippen molar-refractivity contribution in [3.05, 3.63) is 35.4 Å². The molecule has 1 aromatic rings. The first-order valence-corrected chi connectivity index (χ1v) is 3.37. The Morgan fingerprint density at radius 2 is 2.36 bits per heavy atom. The first-order valence-electron chi connectivity index (χ1n) is 3.37. The highest BCUT2D eigenvalue weighted by molar-refractivity contribution is 5.38. The van der Waals surface area contributed by atoms with Gasteiger partial charge in [-0.05, 0) is 12.5 Å². The number of hydrogen-bond acceptors (Lipinski definition) is 2. The summed E-state index contributed by atoms with van der Waals surface area (Å²) >= 11 is 0. The van der Waals surface area contributed by atoms with Crippen LogP contribution in [-0.2, 0) is 16.1 Å². The molecule has 2 heteroatoms. The SMILES string of the molecule is Cc1cccc(CO[C]=O)c1. The van der Waals surface area contributed by atoms with Gasteiger partial charge in [0.25, 0.3) is 0 Å². The van der Waals surface area contributed by atoms with Gasteiger partial charge in [-0.2, -0.15) is 0 Å². The van der Waals surface area contributed by atoms with E-state index < -0.39 is 0 Å². The van der Waals surface area contributed by atoms with Crippen LogP contribution in [0.1, 0.15) is 11.1 Å². The molecule has 11 heavy (non-hydrogen) atoms. The Morgan fingerprint density at radius 3 is 3.00 bits per heavy atom. The van der Waals surface area contributed by atoms with Crippen LogP contribution in [0.3, 0.4) is 0 Å². The highest BCUT2D eigenvalue weighted by Gasteiger charge is 1.91. The van der Waals surface area contributed by atoms with E-state index in [4.69, 9.17) is 0 Å². The fourth-order valence-corrected chi connectivity index (χ4v) is 0.915. The van der Waals surface area contributed by atoms with Crippen molar-refractivity contribution >= 4 is 6.47 Å². The van der Waals surface area contributed by atoms with Crippen molar-refractivity contribution in [1.29, 1.82) is 0 Å². The lowest BCUT2D eigenvalue weighted by Crippen LogP contribution is -1.89. The molecule has 1 radical (unpaired) electrons. The summed E-state index contributed by atoms with van der Waals surface area (Å²) < 4.78 is 4.47. The van der Waals surface area contributed by atoms with Gasteiger partial charge in [0.1, 0.15) is 6.61 Å². The normalized spacial score (nSPS) is 9.18. The molecule has 0 unspecified atom stereocenters. The molecule has 1 rings (SSSR count). The van der Waals surface area contributed by atoms with Crippen LogP contribution in [0.4, 0.5) is 0 Å². The average molecular weight is 149 g/mol. The lowest BCUT2D eigenvalue weighted by molar-refractivity contribution is 0.267. The Bertz CT molecular complexity index is 243. The summed E-state index contributed by atoms with van der Waals surface area (Å²) in [6, 6.07) is 7.80. The third-order valence-electron chi connectivity index (χ3n) is 1.38. The second-order valence-corrected chi connectivity index (χ2v) is 2.36. The molecular formula is C9H9O2. The van der Waals surface area contributed by atoms with Crippen LogP contribution in [0.5, 0.6) is 0 Å². The van der Waals surface area contributed by atoms with E-state index in [-0.39, 0.29) is 0 Å². The number of hydrogen-bond donors (Lipinski definition) is 0. The van der Waals surface area contributed by atoms with Gasteiger partial charge in [0.2, 0.25) is 0 Å². The molecule has 0 heterocycles. The maximum absolute atomic E-state index is 9.72. The quantitative estimate of drug-likeness (QED) is 0.652. The van der Waals surface area contributed by atoms with E-state index in [1.54, 1.807) is 0 Å². The van der Waals surface area contributed by atoms with Gasteiger partial charge in [0.15, 0.2) is 0 Å². The van der Waals surface area contributed by atoms with Gasteiger partial charge in [-0.3, -0.25) is 0 Å². The van der Waals surface area contributed by atoms with Gasteiger partial charge in [-0.25, -0.2) is 4.79 Å². The second-order valence-electron chi connectivity index (χ2n) is 2.36. The number of aryl methyl sites for hydroxylation is 1. The minimum Gasteiger partial charge on any atom is -0.452 e. The molecule has 0 aliphatic rings. The highest BCUT2D eigenvalue weighted by atomic mass is 16.5. The highest BCUT2D eigenvalue weighted by Crippen LogP contribution is 2.04. The van der Waals surface area contributed by atoms with Crippen LogP contribution >= 0.6 is 0 Å². The third kappa shape index (κ3) is 2.42. The zero-order valence-electron chi connectivity index (χ0n) is 6.33.